The van der Waals surface area contributed by atoms with Crippen molar-refractivity contribution in [2.24, 2.45) is 29.2 Å². The van der Waals surface area contributed by atoms with E-state index in [9.17, 15) is 65.4 Å². The molecular weight excluding hydrogens is 967 g/mol. The van der Waals surface area contributed by atoms with Crippen LogP contribution in [-0.4, -0.2) is 186 Å². The van der Waals surface area contributed by atoms with Crippen molar-refractivity contribution in [3.63, 3.8) is 0 Å². The minimum atomic E-state index is -2.33. The summed E-state index contributed by atoms with van der Waals surface area (Å²) in [6.07, 6.45) is 3.53. The highest BCUT2D eigenvalue weighted by Gasteiger charge is 2.51. The van der Waals surface area contributed by atoms with Gasteiger partial charge in [-0.1, -0.05) is 98.9 Å². The summed E-state index contributed by atoms with van der Waals surface area (Å²) in [5.74, 6) is -6.79. The molecule has 3 aliphatic heterocycles. The number of nitrogens with two attached hydrogens (primary N) is 2. The van der Waals surface area contributed by atoms with Crippen LogP contribution >= 0.6 is 0 Å². The zero-order chi connectivity index (χ0) is 55.1. The van der Waals surface area contributed by atoms with Crippen LogP contribution in [0.5, 0.6) is 0 Å². The Morgan fingerprint density at radius 2 is 1.32 bits per heavy atom. The Bertz CT molecular complexity index is 1910. The average molecular weight is 1050 g/mol. The van der Waals surface area contributed by atoms with Gasteiger partial charge in [-0.15, -0.1) is 0 Å². The van der Waals surface area contributed by atoms with E-state index in [1.54, 1.807) is 86.8 Å². The summed E-state index contributed by atoms with van der Waals surface area (Å²) in [6, 6.07) is -2.30. The summed E-state index contributed by atoms with van der Waals surface area (Å²) in [5, 5.41) is 113. The number of hydrogen-bond acceptors (Lipinski definition) is 20. The molecule has 3 rings (SSSR count). The first-order valence-corrected chi connectivity index (χ1v) is 25.6. The molecule has 420 valence electrons. The molecule has 15 N–H and O–H groups in total. The molecule has 0 aromatic carbocycles. The fraction of sp³-hybridized carbons (Fsp3) is 0.679. The lowest BCUT2D eigenvalue weighted by Gasteiger charge is -2.46. The van der Waals surface area contributed by atoms with Gasteiger partial charge < -0.3 is 91.5 Å². The van der Waals surface area contributed by atoms with Gasteiger partial charge in [0, 0.05) is 37.5 Å². The normalized spacial score (nSPS) is 38.7. The maximum atomic E-state index is 13.2. The zero-order valence-electron chi connectivity index (χ0n) is 43.2. The fourth-order valence-corrected chi connectivity index (χ4v) is 8.97. The molecule has 0 radical (unpaired) electrons. The number of methoxy groups -OCH3 is 1. The van der Waals surface area contributed by atoms with Crippen molar-refractivity contribution in [1.82, 2.24) is 5.32 Å². The van der Waals surface area contributed by atoms with Crippen LogP contribution in [0.2, 0.25) is 0 Å². The number of aliphatic hydroxyl groups excluding tert-OH is 9. The summed E-state index contributed by atoms with van der Waals surface area (Å²) < 4.78 is 28.8. The number of carbonyl (C=O) groups excluding carboxylic acids is 3. The maximum absolute atomic E-state index is 13.2. The Balaban J connectivity index is 1.94. The lowest BCUT2D eigenvalue weighted by molar-refractivity contribution is -0.309. The van der Waals surface area contributed by atoms with E-state index in [-0.39, 0.29) is 38.0 Å². The minimum absolute atomic E-state index is 0.116. The highest BCUT2D eigenvalue weighted by atomic mass is 16.7. The van der Waals surface area contributed by atoms with Crippen LogP contribution in [0.25, 0.3) is 0 Å². The summed E-state index contributed by atoms with van der Waals surface area (Å²) >= 11 is 0. The van der Waals surface area contributed by atoms with Crippen molar-refractivity contribution in [1.29, 1.82) is 0 Å². The Labute approximate surface area is 434 Å². The highest BCUT2D eigenvalue weighted by molar-refractivity contribution is 5.81. The van der Waals surface area contributed by atoms with Gasteiger partial charge in [0.15, 0.2) is 12.1 Å². The maximum Gasteiger partial charge on any atom is 0.313 e. The van der Waals surface area contributed by atoms with E-state index in [0.717, 1.165) is 7.11 Å². The van der Waals surface area contributed by atoms with Gasteiger partial charge in [-0.2, -0.15) is 0 Å². The molecule has 0 saturated carbocycles. The number of esters is 2. The van der Waals surface area contributed by atoms with Gasteiger partial charge in [0.1, 0.15) is 24.2 Å². The number of amides is 1. The Morgan fingerprint density at radius 1 is 0.730 bits per heavy atom. The predicted molar refractivity (Wildman–Crippen MR) is 272 cm³/mol. The summed E-state index contributed by atoms with van der Waals surface area (Å²) in [6.45, 7) is 7.01. The first kappa shape index (κ1) is 64.3. The largest absolute Gasteiger partial charge is 0.469 e. The molecule has 0 aromatic heterocycles. The number of carbonyl (C=O) groups is 3. The zero-order valence-corrected chi connectivity index (χ0v) is 43.2. The molecule has 3 heterocycles. The minimum Gasteiger partial charge on any atom is -0.469 e. The van der Waals surface area contributed by atoms with E-state index < -0.39 is 159 Å². The molecule has 2 fully saturated rings. The molecule has 0 aliphatic carbocycles. The molecule has 2 bridgehead atoms. The number of nitrogens with one attached hydrogen (secondary N) is 1. The Morgan fingerprint density at radius 3 is 1.92 bits per heavy atom. The topological polar surface area (TPSA) is 364 Å². The molecule has 20 atom stereocenters. The number of rotatable bonds is 8. The Kier molecular flexibility index (Phi) is 28.3. The predicted octanol–water partition coefficient (Wildman–Crippen LogP) is 0.0238. The molecule has 20 unspecified atom stereocenters. The first-order valence-electron chi connectivity index (χ1n) is 25.6. The number of fused-ring (bicyclic) bond motifs is 2. The lowest BCUT2D eigenvalue weighted by Crippen LogP contribution is -2.65. The molecule has 3 aliphatic rings. The van der Waals surface area contributed by atoms with E-state index in [0.29, 0.717) is 13.0 Å². The van der Waals surface area contributed by atoms with E-state index >= 15 is 0 Å². The third kappa shape index (κ3) is 21.5. The van der Waals surface area contributed by atoms with Crippen molar-refractivity contribution in [2.75, 3.05) is 13.7 Å². The second-order valence-corrected chi connectivity index (χ2v) is 19.7. The van der Waals surface area contributed by atoms with E-state index in [4.69, 9.17) is 35.2 Å². The molecule has 1 amide bonds. The van der Waals surface area contributed by atoms with Crippen LogP contribution in [0.3, 0.4) is 0 Å². The summed E-state index contributed by atoms with van der Waals surface area (Å²) in [4.78, 5) is 38.9. The van der Waals surface area contributed by atoms with Gasteiger partial charge >= 0.3 is 11.9 Å². The number of allylic oxidation sites excluding steroid dienone is 12. The average Bonchev–Trinajstić information content (AvgIpc) is 3.33. The van der Waals surface area contributed by atoms with Crippen molar-refractivity contribution in [3.05, 3.63) is 85.1 Å². The van der Waals surface area contributed by atoms with Crippen molar-refractivity contribution in [2.45, 2.75) is 195 Å². The number of cyclic esters (lactones) is 1. The second-order valence-electron chi connectivity index (χ2n) is 19.7. The van der Waals surface area contributed by atoms with Crippen molar-refractivity contribution < 1.29 is 89.1 Å². The molecule has 21 heteroatoms. The van der Waals surface area contributed by atoms with Crippen LogP contribution in [0.15, 0.2) is 85.1 Å². The Hall–Kier alpha value is -4.01. The highest BCUT2D eigenvalue weighted by Crippen LogP contribution is 2.38. The molecule has 21 nitrogen and oxygen atoms in total. The number of ether oxygens (including phenoxy) is 5. The standard InChI is InChI=1S/C53H85N3O18/c1-31-19-16-14-12-10-8-6-7-9-11-13-15-17-20-38(73-52-49(66)46(48(65)34(4)72-52)56-50(67)39(55)21-18-24-54)28-43-45(51(68)70-5)42(62)30-53(69,74-43)29-37(59)26-41(61)40(60)23-22-35(57)25-36(58)27-44(63)71-33(3)32(2)47(31)64/h6-17,19-20,31-43,45-49,52,57-62,64-66,69H,18,21-30,54-55H2,1-5H3,(H,56,67). The van der Waals surface area contributed by atoms with Crippen LogP contribution in [-0.2, 0) is 38.1 Å². The first-order chi connectivity index (χ1) is 35.0. The molecule has 0 spiro atoms. The summed E-state index contributed by atoms with van der Waals surface area (Å²) in [5.41, 5.74) is 11.6. The third-order valence-corrected chi connectivity index (χ3v) is 13.5. The van der Waals surface area contributed by atoms with Crippen LogP contribution in [0, 0.1) is 17.8 Å². The van der Waals surface area contributed by atoms with Crippen LogP contribution in [0.1, 0.15) is 91.9 Å². The van der Waals surface area contributed by atoms with E-state index in [1.807, 2.05) is 13.0 Å². The monoisotopic (exact) mass is 1050 g/mol. The van der Waals surface area contributed by atoms with Gasteiger partial charge in [0.05, 0.1) is 86.7 Å². The van der Waals surface area contributed by atoms with Crippen molar-refractivity contribution >= 4 is 17.8 Å². The van der Waals surface area contributed by atoms with Gasteiger partial charge in [0.25, 0.3) is 0 Å². The van der Waals surface area contributed by atoms with Gasteiger partial charge in [0.2, 0.25) is 5.91 Å². The number of hydrogen-bond donors (Lipinski definition) is 13. The number of aliphatic hydroxyl groups is 10. The second kappa shape index (κ2) is 32.5. The lowest BCUT2D eigenvalue weighted by atomic mass is 9.82. The van der Waals surface area contributed by atoms with E-state index in [1.165, 1.54) is 13.0 Å². The molecule has 0 aromatic rings. The van der Waals surface area contributed by atoms with E-state index in [2.05, 4.69) is 5.32 Å². The molecule has 74 heavy (non-hydrogen) atoms. The van der Waals surface area contributed by atoms with Gasteiger partial charge in [-0.3, -0.25) is 14.4 Å². The quantitative estimate of drug-likeness (QED) is 0.143. The SMILES string of the molecule is COC(=O)C1C(O)CC2(O)CC(O)CC(O)C(O)CCC(O)CC(O)CC(=O)OC(C)C(C)C(O)C(C)C=CC=CC=CC=CC=CC=CC=CC(OC3OC(C)C(O)C(NC(=O)C(N)CCCN)C3O)CC1O2. The third-order valence-electron chi connectivity index (χ3n) is 13.5. The summed E-state index contributed by atoms with van der Waals surface area (Å²) in [7, 11) is 1.10. The van der Waals surface area contributed by atoms with Crippen LogP contribution in [0.4, 0.5) is 0 Å². The molecule has 2 saturated heterocycles. The van der Waals surface area contributed by atoms with Gasteiger partial charge in [-0.05, 0) is 52.5 Å². The van der Waals surface area contributed by atoms with Gasteiger partial charge in [-0.25, -0.2) is 0 Å². The fourth-order valence-electron chi connectivity index (χ4n) is 8.97. The smallest absolute Gasteiger partial charge is 0.313 e. The molecular formula is C53H85N3O18. The van der Waals surface area contributed by atoms with Crippen LogP contribution < -0.4 is 16.8 Å². The van der Waals surface area contributed by atoms with Crippen molar-refractivity contribution in [3.8, 4) is 0 Å².